The predicted molar refractivity (Wildman–Crippen MR) is 80.9 cm³/mol. The Hall–Kier alpha value is -1.84. The molecule has 0 aliphatic heterocycles. The summed E-state index contributed by atoms with van der Waals surface area (Å²) < 4.78 is 0. The van der Waals surface area contributed by atoms with E-state index in [9.17, 15) is 0 Å². The Morgan fingerprint density at radius 1 is 1.05 bits per heavy atom. The minimum atomic E-state index is 0.236. The molecule has 1 aromatic heterocycles. The van der Waals surface area contributed by atoms with Gasteiger partial charge in [-0.2, -0.15) is 4.98 Å². The summed E-state index contributed by atoms with van der Waals surface area (Å²) in [5, 5.41) is 0.946. The van der Waals surface area contributed by atoms with Gasteiger partial charge >= 0.3 is 0 Å². The van der Waals surface area contributed by atoms with E-state index in [1.165, 1.54) is 36.8 Å². The van der Waals surface area contributed by atoms with Crippen molar-refractivity contribution in [1.82, 2.24) is 9.97 Å². The fourth-order valence-corrected chi connectivity index (χ4v) is 2.50. The number of aryl methyl sites for hydroxylation is 2. The van der Waals surface area contributed by atoms with Crippen LogP contribution in [-0.2, 0) is 6.42 Å². The molecular formula is C15H22N4. The van der Waals surface area contributed by atoms with Crippen LogP contribution >= 0.6 is 0 Å². The number of nitrogens with zero attached hydrogens (tertiary/aromatic N) is 2. The Morgan fingerprint density at radius 2 is 1.84 bits per heavy atom. The number of nitrogen functional groups attached to an aromatic ring is 2. The highest BCUT2D eigenvalue weighted by Gasteiger charge is 2.09. The maximum Gasteiger partial charge on any atom is 0.222 e. The zero-order valence-corrected chi connectivity index (χ0v) is 11.7. The average molecular weight is 258 g/mol. The predicted octanol–water partition coefficient (Wildman–Crippen LogP) is 3.23. The summed E-state index contributed by atoms with van der Waals surface area (Å²) in [4.78, 5) is 8.29. The van der Waals surface area contributed by atoms with E-state index in [2.05, 4.69) is 29.9 Å². The van der Waals surface area contributed by atoms with Gasteiger partial charge < -0.3 is 11.5 Å². The fraction of sp³-hybridized carbons (Fsp3) is 0.467. The zero-order chi connectivity index (χ0) is 13.8. The minimum absolute atomic E-state index is 0.236. The molecule has 0 atom stereocenters. The number of aromatic nitrogens is 2. The van der Waals surface area contributed by atoms with Crippen LogP contribution in [-0.4, -0.2) is 9.97 Å². The third-order valence-corrected chi connectivity index (χ3v) is 3.58. The van der Waals surface area contributed by atoms with E-state index in [-0.39, 0.29) is 5.95 Å². The minimum Gasteiger partial charge on any atom is -0.383 e. The number of unbranched alkanes of at least 4 members (excludes halogenated alkanes) is 3. The molecule has 1 heterocycles. The molecule has 0 aliphatic carbocycles. The molecule has 0 saturated carbocycles. The molecule has 19 heavy (non-hydrogen) atoms. The van der Waals surface area contributed by atoms with Gasteiger partial charge in [0.25, 0.3) is 0 Å². The SMILES string of the molecule is CCCCCCc1ccc2nc(N)nc(N)c2c1C. The average Bonchev–Trinajstić information content (AvgIpc) is 2.36. The normalized spacial score (nSPS) is 11.1. The summed E-state index contributed by atoms with van der Waals surface area (Å²) in [5.74, 6) is 0.718. The zero-order valence-electron chi connectivity index (χ0n) is 11.7. The van der Waals surface area contributed by atoms with Gasteiger partial charge in [0, 0.05) is 5.39 Å². The summed E-state index contributed by atoms with van der Waals surface area (Å²) in [6.45, 7) is 4.32. The second kappa shape index (κ2) is 5.87. The smallest absolute Gasteiger partial charge is 0.222 e. The Bertz CT molecular complexity index is 578. The van der Waals surface area contributed by atoms with Crippen molar-refractivity contribution < 1.29 is 0 Å². The van der Waals surface area contributed by atoms with Gasteiger partial charge in [0.15, 0.2) is 0 Å². The van der Waals surface area contributed by atoms with Crippen LogP contribution < -0.4 is 11.5 Å². The van der Waals surface area contributed by atoms with Gasteiger partial charge in [0.1, 0.15) is 5.82 Å². The van der Waals surface area contributed by atoms with E-state index in [0.717, 1.165) is 17.3 Å². The number of hydrogen-bond acceptors (Lipinski definition) is 4. The summed E-state index contributed by atoms with van der Waals surface area (Å²) in [6, 6.07) is 4.13. The molecule has 4 nitrogen and oxygen atoms in total. The Balaban J connectivity index is 2.30. The van der Waals surface area contributed by atoms with Crippen LogP contribution in [0.4, 0.5) is 11.8 Å². The van der Waals surface area contributed by atoms with Gasteiger partial charge in [-0.05, 0) is 37.0 Å². The van der Waals surface area contributed by atoms with E-state index in [4.69, 9.17) is 11.5 Å². The molecular weight excluding hydrogens is 236 g/mol. The number of rotatable bonds is 5. The maximum atomic E-state index is 5.97. The van der Waals surface area contributed by atoms with Gasteiger partial charge in [-0.25, -0.2) is 4.98 Å². The highest BCUT2D eigenvalue weighted by Crippen LogP contribution is 2.26. The molecule has 0 spiro atoms. The highest BCUT2D eigenvalue weighted by molar-refractivity contribution is 5.92. The largest absolute Gasteiger partial charge is 0.383 e. The Morgan fingerprint density at radius 3 is 2.58 bits per heavy atom. The lowest BCUT2D eigenvalue weighted by Gasteiger charge is -2.11. The van der Waals surface area contributed by atoms with Gasteiger partial charge in [-0.15, -0.1) is 0 Å². The number of nitrogens with two attached hydrogens (primary N) is 2. The molecule has 4 N–H and O–H groups in total. The third-order valence-electron chi connectivity index (χ3n) is 3.58. The van der Waals surface area contributed by atoms with Crippen LogP contribution in [0.2, 0.25) is 0 Å². The van der Waals surface area contributed by atoms with Crippen LogP contribution in [0.15, 0.2) is 12.1 Å². The van der Waals surface area contributed by atoms with Crippen LogP contribution in [0.1, 0.15) is 43.7 Å². The lowest BCUT2D eigenvalue weighted by atomic mass is 9.98. The van der Waals surface area contributed by atoms with E-state index in [1.54, 1.807) is 0 Å². The quantitative estimate of drug-likeness (QED) is 0.807. The van der Waals surface area contributed by atoms with Crippen molar-refractivity contribution in [2.75, 3.05) is 11.5 Å². The number of benzene rings is 1. The van der Waals surface area contributed by atoms with E-state index in [0.29, 0.717) is 5.82 Å². The first-order chi connectivity index (χ1) is 9.13. The highest BCUT2D eigenvalue weighted by atomic mass is 15.0. The van der Waals surface area contributed by atoms with E-state index < -0.39 is 0 Å². The molecule has 102 valence electrons. The first-order valence-electron chi connectivity index (χ1n) is 6.94. The van der Waals surface area contributed by atoms with Crippen molar-refractivity contribution in [1.29, 1.82) is 0 Å². The lowest BCUT2D eigenvalue weighted by molar-refractivity contribution is 0.666. The topological polar surface area (TPSA) is 77.8 Å². The number of hydrogen-bond donors (Lipinski definition) is 2. The van der Waals surface area contributed by atoms with Crippen LogP contribution in [0.5, 0.6) is 0 Å². The first kappa shape index (κ1) is 13.6. The molecule has 0 fully saturated rings. The molecule has 0 aliphatic rings. The van der Waals surface area contributed by atoms with Crippen molar-refractivity contribution >= 4 is 22.7 Å². The lowest BCUT2D eigenvalue weighted by Crippen LogP contribution is -2.03. The number of fused-ring (bicyclic) bond motifs is 1. The van der Waals surface area contributed by atoms with E-state index in [1.807, 2.05) is 6.07 Å². The summed E-state index contributed by atoms with van der Waals surface area (Å²) >= 11 is 0. The molecule has 4 heteroatoms. The van der Waals surface area contributed by atoms with Gasteiger partial charge in [0.2, 0.25) is 5.95 Å². The second-order valence-corrected chi connectivity index (χ2v) is 5.02. The fourth-order valence-electron chi connectivity index (χ4n) is 2.50. The van der Waals surface area contributed by atoms with Crippen molar-refractivity contribution in [3.63, 3.8) is 0 Å². The van der Waals surface area contributed by atoms with E-state index >= 15 is 0 Å². The monoisotopic (exact) mass is 258 g/mol. The molecule has 0 radical (unpaired) electrons. The first-order valence-corrected chi connectivity index (χ1v) is 6.94. The van der Waals surface area contributed by atoms with Crippen molar-refractivity contribution in [2.45, 2.75) is 46.0 Å². The van der Waals surface area contributed by atoms with Crippen LogP contribution in [0.3, 0.4) is 0 Å². The number of anilines is 2. The summed E-state index contributed by atoms with van der Waals surface area (Å²) in [7, 11) is 0. The van der Waals surface area contributed by atoms with Crippen molar-refractivity contribution in [3.05, 3.63) is 23.3 Å². The second-order valence-electron chi connectivity index (χ2n) is 5.02. The van der Waals surface area contributed by atoms with Crippen molar-refractivity contribution in [2.24, 2.45) is 0 Å². The molecule has 1 aromatic carbocycles. The van der Waals surface area contributed by atoms with Crippen LogP contribution in [0.25, 0.3) is 10.9 Å². The molecule has 2 rings (SSSR count). The van der Waals surface area contributed by atoms with Gasteiger partial charge in [-0.3, -0.25) is 0 Å². The standard InChI is InChI=1S/C15H22N4/c1-3-4-5-6-7-11-8-9-12-13(10(11)2)14(16)19-15(17)18-12/h8-9H,3-7H2,1-2H3,(H4,16,17,18,19). The van der Waals surface area contributed by atoms with Gasteiger partial charge in [-0.1, -0.05) is 32.3 Å². The van der Waals surface area contributed by atoms with Gasteiger partial charge in [0.05, 0.1) is 5.52 Å². The molecule has 0 amide bonds. The summed E-state index contributed by atoms with van der Waals surface area (Å²) in [5.41, 5.74) is 15.0. The maximum absolute atomic E-state index is 5.97. The third kappa shape index (κ3) is 2.95. The molecule has 0 bridgehead atoms. The Kier molecular flexibility index (Phi) is 4.20. The van der Waals surface area contributed by atoms with Crippen molar-refractivity contribution in [3.8, 4) is 0 Å². The molecule has 0 unspecified atom stereocenters. The molecule has 0 saturated heterocycles. The molecule has 2 aromatic rings. The summed E-state index contributed by atoms with van der Waals surface area (Å²) in [6.07, 6.45) is 6.15. The van der Waals surface area contributed by atoms with Crippen LogP contribution in [0, 0.1) is 6.92 Å². The Labute approximate surface area is 114 Å².